The van der Waals surface area contributed by atoms with E-state index in [1.807, 2.05) is 16.7 Å². The summed E-state index contributed by atoms with van der Waals surface area (Å²) < 4.78 is 3.16. The summed E-state index contributed by atoms with van der Waals surface area (Å²) in [5, 5.41) is 0. The number of pyridine rings is 1. The van der Waals surface area contributed by atoms with Crippen molar-refractivity contribution in [3.05, 3.63) is 51.4 Å². The Morgan fingerprint density at radius 2 is 2.16 bits per heavy atom. The van der Waals surface area contributed by atoms with Gasteiger partial charge >= 0.3 is 0 Å². The molecule has 0 atom stereocenters. The molecule has 0 fully saturated rings. The molecule has 3 aromatic rings. The summed E-state index contributed by atoms with van der Waals surface area (Å²) in [5.74, 6) is 0.530. The Morgan fingerprint density at radius 3 is 2.95 bits per heavy atom. The van der Waals surface area contributed by atoms with Gasteiger partial charge in [0, 0.05) is 9.77 Å². The van der Waals surface area contributed by atoms with Crippen LogP contribution in [-0.2, 0) is 6.54 Å². The fourth-order valence-electron chi connectivity index (χ4n) is 2.12. The molecule has 0 aliphatic heterocycles. The van der Waals surface area contributed by atoms with Crippen LogP contribution >= 0.6 is 22.6 Å². The van der Waals surface area contributed by atoms with E-state index in [1.54, 1.807) is 6.20 Å². The second kappa shape index (κ2) is 4.80. The van der Waals surface area contributed by atoms with Crippen LogP contribution in [0.4, 0.5) is 5.95 Å². The van der Waals surface area contributed by atoms with E-state index in [2.05, 4.69) is 57.7 Å². The number of hydrogen-bond acceptors (Lipinski definition) is 3. The first-order valence-corrected chi connectivity index (χ1v) is 7.05. The van der Waals surface area contributed by atoms with E-state index in [0.717, 1.165) is 25.9 Å². The van der Waals surface area contributed by atoms with E-state index >= 15 is 0 Å². The number of benzene rings is 1. The predicted octanol–water partition coefficient (Wildman–Crippen LogP) is 2.97. The van der Waals surface area contributed by atoms with E-state index in [1.165, 1.54) is 0 Å². The smallest absolute Gasteiger partial charge is 0.201 e. The van der Waals surface area contributed by atoms with Gasteiger partial charge in [-0.1, -0.05) is 6.07 Å². The van der Waals surface area contributed by atoms with Gasteiger partial charge in [0.1, 0.15) is 0 Å². The summed E-state index contributed by atoms with van der Waals surface area (Å²) >= 11 is 2.28. The maximum absolute atomic E-state index is 6.02. The van der Waals surface area contributed by atoms with Crippen molar-refractivity contribution in [1.29, 1.82) is 0 Å². The normalized spacial score (nSPS) is 11.1. The van der Waals surface area contributed by atoms with Crippen LogP contribution in [0.1, 0.15) is 11.3 Å². The fourth-order valence-corrected chi connectivity index (χ4v) is 2.60. The zero-order chi connectivity index (χ0) is 13.4. The van der Waals surface area contributed by atoms with Crippen molar-refractivity contribution in [2.75, 3.05) is 5.73 Å². The number of imidazole rings is 1. The lowest BCUT2D eigenvalue weighted by Gasteiger charge is -2.08. The Hall–Kier alpha value is -1.63. The van der Waals surface area contributed by atoms with Crippen LogP contribution in [0.3, 0.4) is 0 Å². The molecule has 1 aromatic carbocycles. The highest BCUT2D eigenvalue weighted by molar-refractivity contribution is 14.1. The molecule has 0 spiro atoms. The third-order valence-corrected chi connectivity index (χ3v) is 3.84. The van der Waals surface area contributed by atoms with Gasteiger partial charge in [-0.2, -0.15) is 0 Å². The Morgan fingerprint density at radius 1 is 1.32 bits per heavy atom. The lowest BCUT2D eigenvalue weighted by Crippen LogP contribution is -2.07. The number of aromatic nitrogens is 3. The molecule has 96 valence electrons. The Labute approximate surface area is 124 Å². The number of nitrogen functional groups attached to an aromatic ring is 1. The van der Waals surface area contributed by atoms with Crippen molar-refractivity contribution in [3.8, 4) is 0 Å². The van der Waals surface area contributed by atoms with Crippen molar-refractivity contribution in [3.63, 3.8) is 0 Å². The van der Waals surface area contributed by atoms with Gasteiger partial charge in [0.2, 0.25) is 5.95 Å². The first-order valence-electron chi connectivity index (χ1n) is 5.97. The molecule has 2 aromatic heterocycles. The third kappa shape index (κ3) is 2.30. The Bertz CT molecular complexity index is 748. The average Bonchev–Trinajstić information content (AvgIpc) is 2.68. The molecule has 0 amide bonds. The van der Waals surface area contributed by atoms with E-state index < -0.39 is 0 Å². The zero-order valence-corrected chi connectivity index (χ0v) is 12.6. The number of fused-ring (bicyclic) bond motifs is 1. The lowest BCUT2D eigenvalue weighted by molar-refractivity contribution is 0.801. The number of nitrogens with two attached hydrogens (primary N) is 1. The topological polar surface area (TPSA) is 56.7 Å². The molecule has 4 nitrogen and oxygen atoms in total. The van der Waals surface area contributed by atoms with Crippen LogP contribution in [0.5, 0.6) is 0 Å². The summed E-state index contributed by atoms with van der Waals surface area (Å²) in [6, 6.07) is 10.1. The second-order valence-electron chi connectivity index (χ2n) is 4.46. The van der Waals surface area contributed by atoms with Crippen molar-refractivity contribution in [2.24, 2.45) is 0 Å². The van der Waals surface area contributed by atoms with E-state index in [-0.39, 0.29) is 0 Å². The molecular weight excluding hydrogens is 351 g/mol. The monoisotopic (exact) mass is 364 g/mol. The largest absolute Gasteiger partial charge is 0.369 e. The molecule has 3 rings (SSSR count). The van der Waals surface area contributed by atoms with Crippen molar-refractivity contribution >= 4 is 39.6 Å². The van der Waals surface area contributed by atoms with Gasteiger partial charge in [-0.15, -0.1) is 0 Å². The molecule has 0 aliphatic rings. The van der Waals surface area contributed by atoms with Crippen LogP contribution in [0.15, 0.2) is 36.5 Å². The molecule has 0 saturated heterocycles. The predicted molar refractivity (Wildman–Crippen MR) is 84.9 cm³/mol. The van der Waals surface area contributed by atoms with Crippen molar-refractivity contribution < 1.29 is 0 Å². The number of aryl methyl sites for hydroxylation is 1. The number of anilines is 1. The maximum atomic E-state index is 6.02. The van der Waals surface area contributed by atoms with Crippen molar-refractivity contribution in [1.82, 2.24) is 14.5 Å². The Balaban J connectivity index is 2.10. The second-order valence-corrected chi connectivity index (χ2v) is 5.70. The summed E-state index contributed by atoms with van der Waals surface area (Å²) in [7, 11) is 0. The standard InChI is InChI=1S/C14H13IN4/c1-9-3-2-6-17-12(9)8-19-13-5-4-10(15)7-11(13)18-14(19)16/h2-7H,8H2,1H3,(H2,16,18). The molecule has 0 bridgehead atoms. The van der Waals surface area contributed by atoms with Gasteiger partial charge < -0.3 is 10.3 Å². The first-order chi connectivity index (χ1) is 9.15. The summed E-state index contributed by atoms with van der Waals surface area (Å²) in [6.07, 6.45) is 1.81. The minimum Gasteiger partial charge on any atom is -0.369 e. The van der Waals surface area contributed by atoms with Gasteiger partial charge in [0.15, 0.2) is 0 Å². The molecule has 0 radical (unpaired) electrons. The van der Waals surface area contributed by atoms with E-state index in [4.69, 9.17) is 5.73 Å². The van der Waals surface area contributed by atoms with Gasteiger partial charge in [0.05, 0.1) is 23.3 Å². The molecule has 5 heteroatoms. The van der Waals surface area contributed by atoms with Gasteiger partial charge in [-0.3, -0.25) is 4.98 Å². The number of hydrogen-bond donors (Lipinski definition) is 1. The Kier molecular flexibility index (Phi) is 3.14. The molecule has 0 aliphatic carbocycles. The molecule has 2 heterocycles. The highest BCUT2D eigenvalue weighted by atomic mass is 127. The molecule has 0 unspecified atom stereocenters. The highest BCUT2D eigenvalue weighted by Crippen LogP contribution is 2.21. The fraction of sp³-hybridized carbons (Fsp3) is 0.143. The van der Waals surface area contributed by atoms with E-state index in [0.29, 0.717) is 12.5 Å². The number of rotatable bonds is 2. The van der Waals surface area contributed by atoms with Gasteiger partial charge in [-0.05, 0) is 59.3 Å². The zero-order valence-electron chi connectivity index (χ0n) is 10.5. The van der Waals surface area contributed by atoms with Gasteiger partial charge in [0.25, 0.3) is 0 Å². The highest BCUT2D eigenvalue weighted by Gasteiger charge is 2.10. The molecule has 2 N–H and O–H groups in total. The summed E-state index contributed by atoms with van der Waals surface area (Å²) in [4.78, 5) is 8.82. The maximum Gasteiger partial charge on any atom is 0.201 e. The molecule has 19 heavy (non-hydrogen) atoms. The average molecular weight is 364 g/mol. The summed E-state index contributed by atoms with van der Waals surface area (Å²) in [6.45, 7) is 2.70. The minimum absolute atomic E-state index is 0.530. The van der Waals surface area contributed by atoms with Crippen LogP contribution < -0.4 is 5.73 Å². The van der Waals surface area contributed by atoms with Crippen molar-refractivity contribution in [2.45, 2.75) is 13.5 Å². The quantitative estimate of drug-likeness (QED) is 0.712. The summed E-state index contributed by atoms with van der Waals surface area (Å²) in [5.41, 5.74) is 10.2. The van der Waals surface area contributed by atoms with Crippen LogP contribution in [0, 0.1) is 10.5 Å². The minimum atomic E-state index is 0.530. The first kappa shape index (κ1) is 12.4. The van der Waals surface area contributed by atoms with Crippen LogP contribution in [-0.4, -0.2) is 14.5 Å². The molecular formula is C14H13IN4. The van der Waals surface area contributed by atoms with Crippen LogP contribution in [0.2, 0.25) is 0 Å². The van der Waals surface area contributed by atoms with E-state index in [9.17, 15) is 0 Å². The number of nitrogens with zero attached hydrogens (tertiary/aromatic N) is 3. The molecule has 0 saturated carbocycles. The van der Waals surface area contributed by atoms with Gasteiger partial charge in [-0.25, -0.2) is 4.98 Å². The van der Waals surface area contributed by atoms with Crippen LogP contribution in [0.25, 0.3) is 11.0 Å². The third-order valence-electron chi connectivity index (χ3n) is 3.17. The SMILES string of the molecule is Cc1cccnc1Cn1c(N)nc2cc(I)ccc21. The lowest BCUT2D eigenvalue weighted by atomic mass is 10.2. The number of halogens is 1.